The van der Waals surface area contributed by atoms with Crippen LogP contribution < -0.4 is 4.90 Å². The lowest BCUT2D eigenvalue weighted by Crippen LogP contribution is -2.50. The molecule has 0 N–H and O–H groups in total. The van der Waals surface area contributed by atoms with E-state index in [9.17, 15) is 9.00 Å². The summed E-state index contributed by atoms with van der Waals surface area (Å²) in [5, 5.41) is 0.572. The van der Waals surface area contributed by atoms with Gasteiger partial charge in [0, 0.05) is 31.9 Å². The Balaban J connectivity index is 1.96. The van der Waals surface area contributed by atoms with Gasteiger partial charge in [0.2, 0.25) is 0 Å². The Bertz CT molecular complexity index is 563. The molecular weight excluding hydrogens is 336 g/mol. The summed E-state index contributed by atoms with van der Waals surface area (Å²) in [6.45, 7) is 9.98. The molecule has 1 saturated heterocycles. The van der Waals surface area contributed by atoms with Gasteiger partial charge in [0.1, 0.15) is 5.60 Å². The van der Waals surface area contributed by atoms with Crippen LogP contribution in [0.4, 0.5) is 10.6 Å². The molecule has 1 aliphatic heterocycles. The fourth-order valence-electron chi connectivity index (χ4n) is 2.22. The van der Waals surface area contributed by atoms with Gasteiger partial charge in [-0.05, 0) is 27.2 Å². The van der Waals surface area contributed by atoms with E-state index in [4.69, 9.17) is 4.74 Å². The minimum atomic E-state index is -1.11. The second-order valence-corrected chi connectivity index (χ2v) is 8.41. The first-order valence-corrected chi connectivity index (χ1v) is 9.80. The number of nitrogens with zero attached hydrogens (tertiary/aromatic N) is 4. The minimum absolute atomic E-state index is 0.289. The monoisotopic (exact) mass is 360 g/mol. The molecule has 9 heteroatoms. The zero-order chi connectivity index (χ0) is 17.0. The summed E-state index contributed by atoms with van der Waals surface area (Å²) in [7, 11) is -1.11. The Morgan fingerprint density at radius 3 is 2.48 bits per heavy atom. The molecule has 0 bridgehead atoms. The van der Waals surface area contributed by atoms with Gasteiger partial charge in [-0.2, -0.15) is 8.75 Å². The maximum absolute atomic E-state index is 12.2. The van der Waals surface area contributed by atoms with E-state index < -0.39 is 16.4 Å². The third-order valence-electron chi connectivity index (χ3n) is 3.28. The number of hydrogen-bond donors (Lipinski definition) is 0. The Kier molecular flexibility index (Phi) is 5.96. The summed E-state index contributed by atoms with van der Waals surface area (Å²) in [5.74, 6) is 1.29. The summed E-state index contributed by atoms with van der Waals surface area (Å²) < 4.78 is 26.1. The van der Waals surface area contributed by atoms with Crippen molar-refractivity contribution >= 4 is 34.4 Å². The largest absolute Gasteiger partial charge is 0.444 e. The van der Waals surface area contributed by atoms with Crippen LogP contribution in [-0.2, 0) is 15.5 Å². The lowest BCUT2D eigenvalue weighted by molar-refractivity contribution is 0.0240. The fourth-order valence-corrected chi connectivity index (χ4v) is 4.13. The molecule has 2 rings (SSSR count). The molecule has 0 saturated carbocycles. The molecule has 1 fully saturated rings. The second kappa shape index (κ2) is 7.57. The van der Waals surface area contributed by atoms with Crippen molar-refractivity contribution in [3.8, 4) is 0 Å². The molecule has 130 valence electrons. The highest BCUT2D eigenvalue weighted by molar-refractivity contribution is 7.85. The molecule has 1 aliphatic rings. The molecule has 1 atom stereocenters. The summed E-state index contributed by atoms with van der Waals surface area (Å²) in [6, 6.07) is 0. The van der Waals surface area contributed by atoms with Crippen molar-refractivity contribution in [3.63, 3.8) is 0 Å². The zero-order valence-electron chi connectivity index (χ0n) is 14.1. The molecule has 7 nitrogen and oxygen atoms in total. The van der Waals surface area contributed by atoms with Crippen molar-refractivity contribution in [1.29, 1.82) is 0 Å². The minimum Gasteiger partial charge on any atom is -0.444 e. The van der Waals surface area contributed by atoms with E-state index in [2.05, 4.69) is 8.75 Å². The van der Waals surface area contributed by atoms with E-state index in [1.54, 1.807) is 4.90 Å². The molecule has 2 heterocycles. The number of carbonyl (C=O) groups is 1. The predicted molar refractivity (Wildman–Crippen MR) is 91.5 cm³/mol. The fraction of sp³-hybridized carbons (Fsp3) is 0.786. The Hall–Kier alpha value is -1.22. The van der Waals surface area contributed by atoms with Crippen LogP contribution in [0.1, 0.15) is 34.1 Å². The van der Waals surface area contributed by atoms with Crippen LogP contribution in [0, 0.1) is 0 Å². The topological polar surface area (TPSA) is 75.6 Å². The Morgan fingerprint density at radius 1 is 1.26 bits per heavy atom. The number of piperazine rings is 1. The van der Waals surface area contributed by atoms with Crippen LogP contribution in [0.15, 0.2) is 5.03 Å². The zero-order valence-corrected chi connectivity index (χ0v) is 15.7. The highest BCUT2D eigenvalue weighted by Crippen LogP contribution is 2.23. The van der Waals surface area contributed by atoms with E-state index in [0.29, 0.717) is 42.8 Å². The summed E-state index contributed by atoms with van der Waals surface area (Å²) >= 11 is 1.09. The highest BCUT2D eigenvalue weighted by atomic mass is 32.2. The standard InChI is InChI=1S/C14H24N4O3S2/c1-5-10-23(20)12-11(15-22-16-12)17-6-8-18(9-7-17)13(19)21-14(2,3)4/h5-10H2,1-4H3. The van der Waals surface area contributed by atoms with Crippen LogP contribution in [0.2, 0.25) is 0 Å². The van der Waals surface area contributed by atoms with Crippen molar-refractivity contribution in [2.75, 3.05) is 36.8 Å². The SMILES string of the molecule is CCCS(=O)c1nsnc1N1CCN(C(=O)OC(C)(C)C)CC1. The summed E-state index contributed by atoms with van der Waals surface area (Å²) in [4.78, 5) is 15.8. The molecule has 23 heavy (non-hydrogen) atoms. The first-order valence-electron chi connectivity index (χ1n) is 7.75. The molecule has 1 amide bonds. The Morgan fingerprint density at radius 2 is 1.91 bits per heavy atom. The number of anilines is 1. The first kappa shape index (κ1) is 18.1. The van der Waals surface area contributed by atoms with Crippen LogP contribution in [0.25, 0.3) is 0 Å². The molecule has 0 radical (unpaired) electrons. The smallest absolute Gasteiger partial charge is 0.410 e. The van der Waals surface area contributed by atoms with Gasteiger partial charge in [-0.25, -0.2) is 4.79 Å². The normalized spacial score (nSPS) is 17.2. The molecule has 1 aromatic rings. The molecule has 1 aromatic heterocycles. The van der Waals surface area contributed by atoms with E-state index in [1.165, 1.54) is 0 Å². The quantitative estimate of drug-likeness (QED) is 0.819. The average Bonchev–Trinajstić information content (AvgIpc) is 2.95. The second-order valence-electron chi connectivity index (χ2n) is 6.40. The van der Waals surface area contributed by atoms with Gasteiger partial charge in [0.25, 0.3) is 0 Å². The van der Waals surface area contributed by atoms with Crippen molar-refractivity contribution < 1.29 is 13.7 Å². The third-order valence-corrected chi connectivity index (χ3v) is 5.40. The van der Waals surface area contributed by atoms with Crippen LogP contribution in [0.3, 0.4) is 0 Å². The highest BCUT2D eigenvalue weighted by Gasteiger charge is 2.28. The number of carbonyl (C=O) groups excluding carboxylic acids is 1. The number of rotatable bonds is 4. The molecule has 1 unspecified atom stereocenters. The number of hydrogen-bond acceptors (Lipinski definition) is 7. The maximum Gasteiger partial charge on any atom is 0.410 e. The van der Waals surface area contributed by atoms with Crippen molar-refractivity contribution in [3.05, 3.63) is 0 Å². The van der Waals surface area contributed by atoms with E-state index in [1.807, 2.05) is 32.6 Å². The molecular formula is C14H24N4O3S2. The summed E-state index contributed by atoms with van der Waals surface area (Å²) in [5.41, 5.74) is -0.489. The average molecular weight is 361 g/mol. The van der Waals surface area contributed by atoms with Gasteiger partial charge < -0.3 is 14.5 Å². The summed E-state index contributed by atoms with van der Waals surface area (Å²) in [6.07, 6.45) is 0.555. The lowest BCUT2D eigenvalue weighted by atomic mass is 10.2. The van der Waals surface area contributed by atoms with Crippen molar-refractivity contribution in [2.24, 2.45) is 0 Å². The molecule has 0 aliphatic carbocycles. The van der Waals surface area contributed by atoms with Gasteiger partial charge in [0.15, 0.2) is 10.8 Å². The van der Waals surface area contributed by atoms with Crippen LogP contribution in [0.5, 0.6) is 0 Å². The predicted octanol–water partition coefficient (Wildman–Crippen LogP) is 2.11. The first-order chi connectivity index (χ1) is 10.8. The van der Waals surface area contributed by atoms with Gasteiger partial charge in [-0.15, -0.1) is 0 Å². The van der Waals surface area contributed by atoms with Crippen LogP contribution in [-0.4, -0.2) is 61.5 Å². The van der Waals surface area contributed by atoms with E-state index in [-0.39, 0.29) is 6.09 Å². The van der Waals surface area contributed by atoms with Gasteiger partial charge in [0.05, 0.1) is 22.5 Å². The maximum atomic E-state index is 12.2. The van der Waals surface area contributed by atoms with Gasteiger partial charge >= 0.3 is 6.09 Å². The Labute approximate surface area is 143 Å². The van der Waals surface area contributed by atoms with Gasteiger partial charge in [-0.1, -0.05) is 6.92 Å². The van der Waals surface area contributed by atoms with Crippen LogP contribution >= 0.6 is 11.7 Å². The van der Waals surface area contributed by atoms with E-state index >= 15 is 0 Å². The van der Waals surface area contributed by atoms with Crippen molar-refractivity contribution in [1.82, 2.24) is 13.6 Å². The number of ether oxygens (including phenoxy) is 1. The van der Waals surface area contributed by atoms with E-state index in [0.717, 1.165) is 18.1 Å². The third kappa shape index (κ3) is 4.87. The number of aromatic nitrogens is 2. The van der Waals surface area contributed by atoms with Crippen molar-refractivity contribution in [2.45, 2.75) is 44.7 Å². The van der Waals surface area contributed by atoms with Gasteiger partial charge in [-0.3, -0.25) is 4.21 Å². The lowest BCUT2D eigenvalue weighted by Gasteiger charge is -2.35. The molecule has 0 spiro atoms. The number of amides is 1. The molecule has 0 aromatic carbocycles.